The Morgan fingerprint density at radius 2 is 2.00 bits per heavy atom. The van der Waals surface area contributed by atoms with Gasteiger partial charge in [-0.15, -0.1) is 0 Å². The lowest BCUT2D eigenvalue weighted by Crippen LogP contribution is -2.02. The lowest BCUT2D eigenvalue weighted by molar-refractivity contribution is -0.137. The van der Waals surface area contributed by atoms with E-state index in [0.717, 1.165) is 0 Å². The van der Waals surface area contributed by atoms with E-state index >= 15 is 0 Å². The van der Waals surface area contributed by atoms with E-state index < -0.39 is 11.9 Å². The highest BCUT2D eigenvalue weighted by Gasteiger charge is 2.07. The maximum atomic E-state index is 10.7. The first-order valence-corrected chi connectivity index (χ1v) is 5.12. The van der Waals surface area contributed by atoms with Gasteiger partial charge in [-0.2, -0.15) is 0 Å². The van der Waals surface area contributed by atoms with Crippen LogP contribution in [0.25, 0.3) is 0 Å². The van der Waals surface area contributed by atoms with Crippen molar-refractivity contribution in [2.75, 3.05) is 7.11 Å². The Balaban J connectivity index is 2.97. The minimum absolute atomic E-state index is 0.169. The molecular formula is C13H12O5. The van der Waals surface area contributed by atoms with Crippen LogP contribution in [0, 0.1) is 11.8 Å². The number of aliphatic carboxylic acids is 2. The molecule has 5 nitrogen and oxygen atoms in total. The SMILES string of the molecule is COc1ccc(C#CCC(=O)O)cc1CC(=O)O. The fourth-order valence-electron chi connectivity index (χ4n) is 1.38. The monoisotopic (exact) mass is 248 g/mol. The van der Waals surface area contributed by atoms with Gasteiger partial charge in [-0.1, -0.05) is 11.8 Å². The molecule has 1 rings (SSSR count). The summed E-state index contributed by atoms with van der Waals surface area (Å²) in [4.78, 5) is 21.0. The second-order valence-corrected chi connectivity index (χ2v) is 3.47. The first-order chi connectivity index (χ1) is 8.52. The van der Waals surface area contributed by atoms with Gasteiger partial charge in [0.05, 0.1) is 13.5 Å². The van der Waals surface area contributed by atoms with Gasteiger partial charge in [-0.25, -0.2) is 0 Å². The van der Waals surface area contributed by atoms with E-state index in [1.54, 1.807) is 18.2 Å². The average Bonchev–Trinajstić information content (AvgIpc) is 2.28. The number of benzene rings is 1. The Morgan fingerprint density at radius 1 is 1.28 bits per heavy atom. The third kappa shape index (κ3) is 4.18. The number of carboxylic acids is 2. The molecule has 1 aromatic carbocycles. The number of ether oxygens (including phenoxy) is 1. The molecule has 0 heterocycles. The van der Waals surface area contributed by atoms with E-state index in [2.05, 4.69) is 11.8 Å². The van der Waals surface area contributed by atoms with Gasteiger partial charge in [0, 0.05) is 11.1 Å². The number of carbonyl (C=O) groups is 2. The minimum Gasteiger partial charge on any atom is -0.496 e. The molecule has 2 N–H and O–H groups in total. The number of carboxylic acid groups (broad SMARTS) is 2. The van der Waals surface area contributed by atoms with Crippen molar-refractivity contribution in [1.82, 2.24) is 0 Å². The predicted molar refractivity (Wildman–Crippen MR) is 63.5 cm³/mol. The van der Waals surface area contributed by atoms with Crippen LogP contribution in [0.3, 0.4) is 0 Å². The highest BCUT2D eigenvalue weighted by Crippen LogP contribution is 2.20. The van der Waals surface area contributed by atoms with Crippen LogP contribution in [0.1, 0.15) is 17.5 Å². The second kappa shape index (κ2) is 6.30. The van der Waals surface area contributed by atoms with Crippen molar-refractivity contribution in [2.45, 2.75) is 12.8 Å². The fourth-order valence-corrected chi connectivity index (χ4v) is 1.38. The molecular weight excluding hydrogens is 236 g/mol. The van der Waals surface area contributed by atoms with Gasteiger partial charge < -0.3 is 14.9 Å². The van der Waals surface area contributed by atoms with Gasteiger partial charge in [0.1, 0.15) is 12.2 Å². The van der Waals surface area contributed by atoms with E-state index in [1.165, 1.54) is 7.11 Å². The van der Waals surface area contributed by atoms with Gasteiger partial charge in [0.15, 0.2) is 0 Å². The largest absolute Gasteiger partial charge is 0.496 e. The topological polar surface area (TPSA) is 83.8 Å². The van der Waals surface area contributed by atoms with Crippen LogP contribution < -0.4 is 4.74 Å². The van der Waals surface area contributed by atoms with E-state index in [0.29, 0.717) is 16.9 Å². The van der Waals surface area contributed by atoms with Crippen molar-refractivity contribution in [3.05, 3.63) is 29.3 Å². The standard InChI is InChI=1S/C13H12O5/c1-18-11-6-5-9(3-2-4-12(14)15)7-10(11)8-13(16)17/h5-7H,4,8H2,1H3,(H,14,15)(H,16,17). The van der Waals surface area contributed by atoms with Crippen LogP contribution in [0.5, 0.6) is 5.75 Å². The van der Waals surface area contributed by atoms with Crippen LogP contribution in [-0.4, -0.2) is 29.3 Å². The van der Waals surface area contributed by atoms with Crippen LogP contribution in [-0.2, 0) is 16.0 Å². The average molecular weight is 248 g/mol. The summed E-state index contributed by atoms with van der Waals surface area (Å²) in [6.07, 6.45) is -0.419. The zero-order valence-corrected chi connectivity index (χ0v) is 9.77. The predicted octanol–water partition coefficient (Wildman–Crippen LogP) is 1.15. The number of hydrogen-bond donors (Lipinski definition) is 2. The van der Waals surface area contributed by atoms with Gasteiger partial charge in [0.25, 0.3) is 0 Å². The molecule has 0 aliphatic rings. The summed E-state index contributed by atoms with van der Waals surface area (Å²) >= 11 is 0. The quantitative estimate of drug-likeness (QED) is 0.781. The van der Waals surface area contributed by atoms with Gasteiger partial charge >= 0.3 is 11.9 Å². The van der Waals surface area contributed by atoms with Crippen molar-refractivity contribution in [3.63, 3.8) is 0 Å². The Kier molecular flexibility index (Phi) is 4.76. The number of methoxy groups -OCH3 is 1. The summed E-state index contributed by atoms with van der Waals surface area (Å²) in [6.45, 7) is 0. The molecule has 0 spiro atoms. The molecule has 0 aliphatic heterocycles. The maximum absolute atomic E-state index is 10.7. The second-order valence-electron chi connectivity index (χ2n) is 3.47. The maximum Gasteiger partial charge on any atom is 0.315 e. The Labute approximate surface area is 104 Å². The first kappa shape index (κ1) is 13.6. The molecule has 5 heteroatoms. The zero-order valence-electron chi connectivity index (χ0n) is 9.77. The Bertz CT molecular complexity index is 522. The lowest BCUT2D eigenvalue weighted by Gasteiger charge is -2.06. The van der Waals surface area contributed by atoms with E-state index in [9.17, 15) is 9.59 Å². The molecule has 0 amide bonds. The molecule has 0 radical (unpaired) electrons. The van der Waals surface area contributed by atoms with E-state index in [4.69, 9.17) is 14.9 Å². The Hall–Kier alpha value is -2.48. The lowest BCUT2D eigenvalue weighted by atomic mass is 10.1. The molecule has 0 aliphatic carbocycles. The molecule has 0 bridgehead atoms. The highest BCUT2D eigenvalue weighted by atomic mass is 16.5. The summed E-state index contributed by atoms with van der Waals surface area (Å²) in [7, 11) is 1.45. The Morgan fingerprint density at radius 3 is 2.56 bits per heavy atom. The zero-order chi connectivity index (χ0) is 13.5. The number of hydrogen-bond acceptors (Lipinski definition) is 3. The molecule has 18 heavy (non-hydrogen) atoms. The van der Waals surface area contributed by atoms with Crippen molar-refractivity contribution >= 4 is 11.9 Å². The van der Waals surface area contributed by atoms with Crippen LogP contribution in [0.2, 0.25) is 0 Å². The normalized spacial score (nSPS) is 9.17. The van der Waals surface area contributed by atoms with Crippen LogP contribution in [0.4, 0.5) is 0 Å². The van der Waals surface area contributed by atoms with Crippen LogP contribution in [0.15, 0.2) is 18.2 Å². The molecule has 0 fully saturated rings. The van der Waals surface area contributed by atoms with E-state index in [-0.39, 0.29) is 12.8 Å². The van der Waals surface area contributed by atoms with Crippen molar-refractivity contribution < 1.29 is 24.5 Å². The summed E-state index contributed by atoms with van der Waals surface area (Å²) in [5.74, 6) is 3.65. The first-order valence-electron chi connectivity index (χ1n) is 5.12. The summed E-state index contributed by atoms with van der Waals surface area (Å²) in [5.41, 5.74) is 1.07. The van der Waals surface area contributed by atoms with Crippen molar-refractivity contribution in [3.8, 4) is 17.6 Å². The summed E-state index contributed by atoms with van der Waals surface area (Å²) in [5, 5.41) is 17.2. The van der Waals surface area contributed by atoms with Crippen molar-refractivity contribution in [1.29, 1.82) is 0 Å². The molecule has 0 atom stereocenters. The minimum atomic E-state index is -0.998. The molecule has 0 unspecified atom stereocenters. The highest BCUT2D eigenvalue weighted by molar-refractivity contribution is 5.72. The molecule has 1 aromatic rings. The smallest absolute Gasteiger partial charge is 0.315 e. The molecule has 0 aromatic heterocycles. The number of rotatable bonds is 4. The molecule has 94 valence electrons. The van der Waals surface area contributed by atoms with E-state index in [1.807, 2.05) is 0 Å². The third-order valence-corrected chi connectivity index (χ3v) is 2.09. The third-order valence-electron chi connectivity index (χ3n) is 2.09. The van der Waals surface area contributed by atoms with Gasteiger partial charge in [-0.05, 0) is 18.2 Å². The molecule has 0 saturated carbocycles. The summed E-state index contributed by atoms with van der Waals surface area (Å²) < 4.78 is 5.04. The van der Waals surface area contributed by atoms with Crippen molar-refractivity contribution in [2.24, 2.45) is 0 Å². The van der Waals surface area contributed by atoms with Crippen LogP contribution >= 0.6 is 0 Å². The summed E-state index contributed by atoms with van der Waals surface area (Å²) in [6, 6.07) is 4.85. The van der Waals surface area contributed by atoms with Gasteiger partial charge in [0.2, 0.25) is 0 Å². The van der Waals surface area contributed by atoms with Gasteiger partial charge in [-0.3, -0.25) is 9.59 Å². The fraction of sp³-hybridized carbons (Fsp3) is 0.231. The molecule has 0 saturated heterocycles.